The van der Waals surface area contributed by atoms with Crippen LogP contribution in [0.5, 0.6) is 0 Å². The van der Waals surface area contributed by atoms with Crippen molar-refractivity contribution in [1.82, 2.24) is 15.2 Å². The molecule has 2 aliphatic heterocycles. The number of nitrogens with one attached hydrogen (secondary N) is 2. The van der Waals surface area contributed by atoms with Gasteiger partial charge in [-0.3, -0.25) is 14.5 Å². The number of carbonyl (C=O) groups is 2. The SMILES string of the molecule is O=C(CCCN1C(=O)C2C=C3OCOC3=CC2=NC1=S)NCCc1c[nH]c2ccccc12. The fourth-order valence-corrected chi connectivity index (χ4v) is 4.39. The highest BCUT2D eigenvalue weighted by Gasteiger charge is 2.38. The Bertz CT molecular complexity index is 1200. The highest BCUT2D eigenvalue weighted by Crippen LogP contribution is 2.31. The quantitative estimate of drug-likeness (QED) is 0.632. The molecule has 1 unspecified atom stereocenters. The number of hydrogen-bond acceptors (Lipinski definition) is 5. The lowest BCUT2D eigenvalue weighted by atomic mass is 9.94. The van der Waals surface area contributed by atoms with E-state index in [0.29, 0.717) is 43.2 Å². The smallest absolute Gasteiger partial charge is 0.241 e. The molecule has 9 heteroatoms. The number of benzene rings is 1. The fraction of sp³-hybridized carbons (Fsp3) is 0.304. The molecule has 8 nitrogen and oxygen atoms in total. The van der Waals surface area contributed by atoms with E-state index < -0.39 is 5.92 Å². The maximum atomic E-state index is 12.9. The van der Waals surface area contributed by atoms with Gasteiger partial charge in [0.25, 0.3) is 0 Å². The summed E-state index contributed by atoms with van der Waals surface area (Å²) in [6.07, 6.45) is 6.96. The molecule has 1 atom stereocenters. The van der Waals surface area contributed by atoms with Crippen molar-refractivity contribution in [2.24, 2.45) is 10.9 Å². The molecule has 0 radical (unpaired) electrons. The van der Waals surface area contributed by atoms with E-state index >= 15 is 0 Å². The van der Waals surface area contributed by atoms with Crippen LogP contribution in [0.15, 0.2) is 59.1 Å². The lowest BCUT2D eigenvalue weighted by molar-refractivity contribution is -0.129. The summed E-state index contributed by atoms with van der Waals surface area (Å²) in [6, 6.07) is 8.10. The molecule has 1 aromatic carbocycles. The number of rotatable bonds is 7. The second kappa shape index (κ2) is 8.58. The highest BCUT2D eigenvalue weighted by atomic mass is 32.1. The van der Waals surface area contributed by atoms with Crippen molar-refractivity contribution < 1.29 is 19.1 Å². The van der Waals surface area contributed by atoms with E-state index in [-0.39, 0.29) is 23.7 Å². The number of aromatic amines is 1. The number of thiocarbonyl (C=S) groups is 1. The van der Waals surface area contributed by atoms with E-state index in [1.807, 2.05) is 24.4 Å². The van der Waals surface area contributed by atoms with Crippen LogP contribution in [-0.4, -0.2) is 52.4 Å². The van der Waals surface area contributed by atoms with Gasteiger partial charge in [0.2, 0.25) is 23.7 Å². The summed E-state index contributed by atoms with van der Waals surface area (Å²) in [5, 5.41) is 4.34. The lowest BCUT2D eigenvalue weighted by Crippen LogP contribution is -2.46. The summed E-state index contributed by atoms with van der Waals surface area (Å²) < 4.78 is 10.7. The first kappa shape index (κ1) is 20.4. The molecule has 164 valence electrons. The summed E-state index contributed by atoms with van der Waals surface area (Å²) in [6.45, 7) is 1.04. The Morgan fingerprint density at radius 3 is 3.03 bits per heavy atom. The van der Waals surface area contributed by atoms with Gasteiger partial charge in [-0.15, -0.1) is 0 Å². The van der Waals surface area contributed by atoms with Gasteiger partial charge in [0.05, 0.1) is 5.71 Å². The topological polar surface area (TPSA) is 96.0 Å². The Kier molecular flexibility index (Phi) is 5.48. The standard InChI is InChI=1S/C23H22N4O4S/c28-21(24-8-7-14-12-25-17-5-2-1-4-15(14)17)6-3-9-27-22(29)16-10-19-20(31-13-30-19)11-18(16)26-23(27)32/h1-2,4-5,10-12,16,25H,3,6-9,13H2,(H,24,28). The van der Waals surface area contributed by atoms with Crippen LogP contribution in [0, 0.1) is 5.92 Å². The van der Waals surface area contributed by atoms with E-state index in [2.05, 4.69) is 21.4 Å². The number of H-pyrrole nitrogens is 1. The van der Waals surface area contributed by atoms with Crippen molar-refractivity contribution in [3.63, 3.8) is 0 Å². The van der Waals surface area contributed by atoms with Crippen molar-refractivity contribution in [2.45, 2.75) is 19.3 Å². The minimum atomic E-state index is -0.535. The van der Waals surface area contributed by atoms with Crippen molar-refractivity contribution in [1.29, 1.82) is 0 Å². The number of allylic oxidation sites excluding steroid dienone is 1. The Labute approximate surface area is 190 Å². The monoisotopic (exact) mass is 450 g/mol. The van der Waals surface area contributed by atoms with Crippen LogP contribution in [0.2, 0.25) is 0 Å². The van der Waals surface area contributed by atoms with Crippen molar-refractivity contribution >= 4 is 45.8 Å². The number of ether oxygens (including phenoxy) is 2. The molecule has 2 aromatic rings. The number of aliphatic imine (C=N–C) groups is 1. The van der Waals surface area contributed by atoms with Crippen molar-refractivity contribution in [3.8, 4) is 0 Å². The van der Waals surface area contributed by atoms with Crippen LogP contribution in [0.1, 0.15) is 18.4 Å². The summed E-state index contributed by atoms with van der Waals surface area (Å²) in [7, 11) is 0. The Hall–Kier alpha value is -3.46. The Balaban J connectivity index is 1.10. The summed E-state index contributed by atoms with van der Waals surface area (Å²) >= 11 is 5.32. The van der Waals surface area contributed by atoms with Crippen molar-refractivity contribution in [3.05, 3.63) is 59.7 Å². The molecule has 2 N–H and O–H groups in total. The Morgan fingerprint density at radius 2 is 2.12 bits per heavy atom. The Morgan fingerprint density at radius 1 is 1.28 bits per heavy atom. The normalized spacial score (nSPS) is 19.4. The first-order valence-corrected chi connectivity index (χ1v) is 11.0. The molecule has 0 bridgehead atoms. The molecular formula is C23H22N4O4S. The van der Waals surface area contributed by atoms with E-state index in [1.165, 1.54) is 15.8 Å². The summed E-state index contributed by atoms with van der Waals surface area (Å²) in [5.41, 5.74) is 2.83. The number of carbonyl (C=O) groups excluding carboxylic acids is 2. The van der Waals surface area contributed by atoms with Gasteiger partial charge in [0.1, 0.15) is 5.92 Å². The molecule has 1 aliphatic carbocycles. The molecular weight excluding hydrogens is 428 g/mol. The van der Waals surface area contributed by atoms with E-state index in [4.69, 9.17) is 21.7 Å². The molecule has 2 amide bonds. The molecule has 5 rings (SSSR count). The molecule has 0 spiro atoms. The van der Waals surface area contributed by atoms with Gasteiger partial charge in [-0.25, -0.2) is 4.99 Å². The number of aromatic nitrogens is 1. The number of hydrogen-bond donors (Lipinski definition) is 2. The highest BCUT2D eigenvalue weighted by molar-refractivity contribution is 7.80. The average molecular weight is 451 g/mol. The zero-order chi connectivity index (χ0) is 22.1. The first-order valence-electron chi connectivity index (χ1n) is 10.6. The third-order valence-corrected chi connectivity index (χ3v) is 6.06. The molecule has 32 heavy (non-hydrogen) atoms. The zero-order valence-electron chi connectivity index (χ0n) is 17.3. The van der Waals surface area contributed by atoms with E-state index in [9.17, 15) is 9.59 Å². The molecule has 1 aromatic heterocycles. The van der Waals surface area contributed by atoms with Crippen molar-refractivity contribution in [2.75, 3.05) is 19.9 Å². The van der Waals surface area contributed by atoms with Gasteiger partial charge in [-0.1, -0.05) is 18.2 Å². The van der Waals surface area contributed by atoms with E-state index in [1.54, 1.807) is 12.2 Å². The van der Waals surface area contributed by atoms with Gasteiger partial charge in [-0.2, -0.15) is 0 Å². The van der Waals surface area contributed by atoms with Gasteiger partial charge in [0.15, 0.2) is 11.5 Å². The minimum Gasteiger partial charge on any atom is -0.454 e. The van der Waals surface area contributed by atoms with Gasteiger partial charge in [-0.05, 0) is 42.8 Å². The second-order valence-electron chi connectivity index (χ2n) is 7.80. The van der Waals surface area contributed by atoms with Crippen LogP contribution in [-0.2, 0) is 25.5 Å². The number of para-hydroxylation sites is 1. The van der Waals surface area contributed by atoms with Crippen LogP contribution in [0.25, 0.3) is 10.9 Å². The van der Waals surface area contributed by atoms with Crippen LogP contribution >= 0.6 is 12.2 Å². The third kappa shape index (κ3) is 3.91. The largest absolute Gasteiger partial charge is 0.454 e. The summed E-state index contributed by atoms with van der Waals surface area (Å²) in [4.78, 5) is 34.3. The number of amides is 2. The lowest BCUT2D eigenvalue weighted by Gasteiger charge is -2.30. The van der Waals surface area contributed by atoms with Gasteiger partial charge >= 0.3 is 0 Å². The maximum absolute atomic E-state index is 12.9. The average Bonchev–Trinajstić information content (AvgIpc) is 3.41. The number of fused-ring (bicyclic) bond motifs is 3. The zero-order valence-corrected chi connectivity index (χ0v) is 18.1. The number of nitrogens with zero attached hydrogens (tertiary/aromatic N) is 2. The second-order valence-corrected chi connectivity index (χ2v) is 8.16. The van der Waals surface area contributed by atoms with E-state index in [0.717, 1.165) is 11.9 Å². The van der Waals surface area contributed by atoms with Crippen LogP contribution in [0.3, 0.4) is 0 Å². The molecule has 1 fully saturated rings. The summed E-state index contributed by atoms with van der Waals surface area (Å²) in [5.74, 6) is 0.400. The maximum Gasteiger partial charge on any atom is 0.241 e. The predicted molar refractivity (Wildman–Crippen MR) is 123 cm³/mol. The van der Waals surface area contributed by atoms with Crippen LogP contribution in [0.4, 0.5) is 0 Å². The molecule has 1 saturated heterocycles. The first-order chi connectivity index (χ1) is 15.6. The molecule has 3 aliphatic rings. The van der Waals surface area contributed by atoms with Gasteiger partial charge < -0.3 is 19.8 Å². The van der Waals surface area contributed by atoms with Crippen LogP contribution < -0.4 is 5.32 Å². The molecule has 0 saturated carbocycles. The minimum absolute atomic E-state index is 0.0479. The van der Waals surface area contributed by atoms with Gasteiger partial charge in [0, 0.05) is 42.7 Å². The third-order valence-electron chi connectivity index (χ3n) is 5.75. The predicted octanol–water partition coefficient (Wildman–Crippen LogP) is 2.58. The molecule has 3 heterocycles. The fourth-order valence-electron chi connectivity index (χ4n) is 4.10.